The van der Waals surface area contributed by atoms with E-state index in [-0.39, 0.29) is 11.9 Å². The summed E-state index contributed by atoms with van der Waals surface area (Å²) >= 11 is 0. The lowest BCUT2D eigenvalue weighted by Gasteiger charge is -2.32. The van der Waals surface area contributed by atoms with E-state index in [1.807, 2.05) is 4.68 Å². The van der Waals surface area contributed by atoms with E-state index >= 15 is 0 Å². The van der Waals surface area contributed by atoms with E-state index in [1.54, 1.807) is 6.92 Å². The zero-order valence-electron chi connectivity index (χ0n) is 11.2. The molecule has 1 N–H and O–H groups in total. The number of carbonyl (C=O) groups excluding carboxylic acids is 1. The molecular formula is C12H20N6O. The van der Waals surface area contributed by atoms with Gasteiger partial charge in [-0.15, -0.1) is 5.10 Å². The first kappa shape index (κ1) is 12.5. The molecule has 1 saturated heterocycles. The van der Waals surface area contributed by atoms with Gasteiger partial charge in [0.15, 0.2) is 5.82 Å². The van der Waals surface area contributed by atoms with Crippen LogP contribution in [-0.2, 0) is 11.3 Å². The van der Waals surface area contributed by atoms with Gasteiger partial charge in [0.1, 0.15) is 0 Å². The fourth-order valence-corrected chi connectivity index (χ4v) is 2.72. The highest BCUT2D eigenvalue weighted by Crippen LogP contribution is 2.34. The topological polar surface area (TPSA) is 75.9 Å². The van der Waals surface area contributed by atoms with Crippen LogP contribution in [0.5, 0.6) is 0 Å². The van der Waals surface area contributed by atoms with E-state index in [9.17, 15) is 4.79 Å². The molecule has 1 aromatic heterocycles. The normalized spacial score (nSPS) is 24.4. The Bertz CT molecular complexity index is 455. The van der Waals surface area contributed by atoms with Crippen molar-refractivity contribution in [2.24, 2.45) is 0 Å². The van der Waals surface area contributed by atoms with Crippen LogP contribution in [0, 0.1) is 0 Å². The number of aromatic nitrogens is 4. The van der Waals surface area contributed by atoms with Crippen LogP contribution < -0.4 is 5.32 Å². The van der Waals surface area contributed by atoms with E-state index < -0.39 is 0 Å². The van der Waals surface area contributed by atoms with E-state index in [4.69, 9.17) is 0 Å². The van der Waals surface area contributed by atoms with E-state index in [1.165, 1.54) is 12.8 Å². The summed E-state index contributed by atoms with van der Waals surface area (Å²) in [5.74, 6) is 1.00. The Balaban J connectivity index is 1.59. The number of hydrogen-bond donors (Lipinski definition) is 1. The van der Waals surface area contributed by atoms with Crippen molar-refractivity contribution in [3.05, 3.63) is 5.82 Å². The fraction of sp³-hybridized carbons (Fsp3) is 0.833. The molecule has 1 aromatic rings. The van der Waals surface area contributed by atoms with Gasteiger partial charge in [0.05, 0.1) is 12.6 Å². The third-order valence-corrected chi connectivity index (χ3v) is 3.73. The molecule has 1 aliphatic carbocycles. The number of carbonyl (C=O) groups is 1. The predicted molar refractivity (Wildman–Crippen MR) is 68.2 cm³/mol. The van der Waals surface area contributed by atoms with Crippen molar-refractivity contribution in [2.75, 3.05) is 13.1 Å². The number of likely N-dealkylation sites (tertiary alicyclic amines) is 1. The van der Waals surface area contributed by atoms with Crippen molar-refractivity contribution in [3.63, 3.8) is 0 Å². The van der Waals surface area contributed by atoms with Crippen molar-refractivity contribution in [1.82, 2.24) is 30.4 Å². The van der Waals surface area contributed by atoms with Crippen LogP contribution in [0.1, 0.15) is 44.5 Å². The molecule has 1 aliphatic heterocycles. The molecule has 7 nitrogen and oxygen atoms in total. The number of rotatable bonds is 4. The molecule has 19 heavy (non-hydrogen) atoms. The Morgan fingerprint density at radius 1 is 1.42 bits per heavy atom. The van der Waals surface area contributed by atoms with Gasteiger partial charge in [0, 0.05) is 19.5 Å². The zero-order valence-corrected chi connectivity index (χ0v) is 11.2. The monoisotopic (exact) mass is 264 g/mol. The maximum Gasteiger partial charge on any atom is 0.217 e. The summed E-state index contributed by atoms with van der Waals surface area (Å²) in [6.07, 6.45) is 4.54. The van der Waals surface area contributed by atoms with Crippen LogP contribution in [0.15, 0.2) is 0 Å². The minimum absolute atomic E-state index is 0.0506. The fourth-order valence-electron chi connectivity index (χ4n) is 2.72. The highest BCUT2D eigenvalue weighted by atomic mass is 16.1. The Morgan fingerprint density at radius 3 is 3.00 bits per heavy atom. The molecule has 2 aliphatic rings. The SMILES string of the molecule is CC(=O)NC1CCCN(Cc2nnnn2C2CC2)C1. The molecule has 1 amide bonds. The second-order valence-electron chi connectivity index (χ2n) is 5.55. The lowest BCUT2D eigenvalue weighted by atomic mass is 10.1. The first-order valence-corrected chi connectivity index (χ1v) is 6.98. The van der Waals surface area contributed by atoms with Crippen LogP contribution in [0.4, 0.5) is 0 Å². The number of hydrogen-bond acceptors (Lipinski definition) is 5. The van der Waals surface area contributed by atoms with Gasteiger partial charge in [-0.25, -0.2) is 4.68 Å². The van der Waals surface area contributed by atoms with Gasteiger partial charge in [0.25, 0.3) is 0 Å². The van der Waals surface area contributed by atoms with Gasteiger partial charge in [-0.2, -0.15) is 0 Å². The maximum atomic E-state index is 11.1. The smallest absolute Gasteiger partial charge is 0.217 e. The molecule has 1 atom stereocenters. The number of piperidine rings is 1. The molecule has 0 aromatic carbocycles. The van der Waals surface area contributed by atoms with Gasteiger partial charge in [-0.3, -0.25) is 9.69 Å². The minimum atomic E-state index is 0.0506. The molecule has 2 heterocycles. The van der Waals surface area contributed by atoms with Gasteiger partial charge in [-0.05, 0) is 42.7 Å². The average Bonchev–Trinajstić information content (AvgIpc) is 3.10. The van der Waals surface area contributed by atoms with E-state index in [0.717, 1.165) is 38.3 Å². The first-order chi connectivity index (χ1) is 9.22. The summed E-state index contributed by atoms with van der Waals surface area (Å²) in [7, 11) is 0. The number of nitrogens with one attached hydrogen (secondary N) is 1. The van der Waals surface area contributed by atoms with Crippen LogP contribution in [0.2, 0.25) is 0 Å². The molecule has 2 fully saturated rings. The highest BCUT2D eigenvalue weighted by molar-refractivity contribution is 5.73. The maximum absolute atomic E-state index is 11.1. The highest BCUT2D eigenvalue weighted by Gasteiger charge is 2.29. The standard InChI is InChI=1S/C12H20N6O/c1-9(19)13-10-3-2-6-17(7-10)8-12-14-15-16-18(12)11-4-5-11/h10-11H,2-8H2,1H3,(H,13,19). The molecule has 0 bridgehead atoms. The van der Waals surface area contributed by atoms with Crippen LogP contribution in [0.25, 0.3) is 0 Å². The Hall–Kier alpha value is -1.50. The van der Waals surface area contributed by atoms with Crippen molar-refractivity contribution in [2.45, 2.75) is 51.2 Å². The summed E-state index contributed by atoms with van der Waals surface area (Å²) in [6.45, 7) is 4.29. The quantitative estimate of drug-likeness (QED) is 0.835. The summed E-state index contributed by atoms with van der Waals surface area (Å²) < 4.78 is 1.96. The third-order valence-electron chi connectivity index (χ3n) is 3.73. The lowest BCUT2D eigenvalue weighted by molar-refractivity contribution is -0.120. The van der Waals surface area contributed by atoms with Crippen molar-refractivity contribution in [3.8, 4) is 0 Å². The second kappa shape index (κ2) is 5.24. The Morgan fingerprint density at radius 2 is 2.26 bits per heavy atom. The van der Waals surface area contributed by atoms with Crippen LogP contribution >= 0.6 is 0 Å². The Labute approximate surface area is 112 Å². The second-order valence-corrected chi connectivity index (χ2v) is 5.55. The zero-order chi connectivity index (χ0) is 13.2. The summed E-state index contributed by atoms with van der Waals surface area (Å²) in [5, 5.41) is 15.0. The van der Waals surface area contributed by atoms with Crippen molar-refractivity contribution >= 4 is 5.91 Å². The van der Waals surface area contributed by atoms with Crippen LogP contribution in [-0.4, -0.2) is 50.1 Å². The largest absolute Gasteiger partial charge is 0.352 e. The predicted octanol–water partition coefficient (Wildman–Crippen LogP) is 0.109. The first-order valence-electron chi connectivity index (χ1n) is 6.98. The Kier molecular flexibility index (Phi) is 3.46. The molecule has 104 valence electrons. The van der Waals surface area contributed by atoms with Crippen molar-refractivity contribution in [1.29, 1.82) is 0 Å². The van der Waals surface area contributed by atoms with Crippen LogP contribution in [0.3, 0.4) is 0 Å². The summed E-state index contributed by atoms with van der Waals surface area (Å²) in [4.78, 5) is 13.4. The van der Waals surface area contributed by atoms with Crippen molar-refractivity contribution < 1.29 is 4.79 Å². The summed E-state index contributed by atoms with van der Waals surface area (Å²) in [6, 6.07) is 0.775. The number of amides is 1. The molecule has 1 saturated carbocycles. The lowest BCUT2D eigenvalue weighted by Crippen LogP contribution is -2.47. The summed E-state index contributed by atoms with van der Waals surface area (Å²) in [5.41, 5.74) is 0. The number of nitrogens with zero attached hydrogens (tertiary/aromatic N) is 5. The van der Waals surface area contributed by atoms with E-state index in [0.29, 0.717) is 6.04 Å². The van der Waals surface area contributed by atoms with Gasteiger partial charge in [-0.1, -0.05) is 0 Å². The molecule has 0 spiro atoms. The van der Waals surface area contributed by atoms with Gasteiger partial charge >= 0.3 is 0 Å². The molecular weight excluding hydrogens is 244 g/mol. The third kappa shape index (κ3) is 3.09. The molecule has 7 heteroatoms. The van der Waals surface area contributed by atoms with Gasteiger partial charge in [0.2, 0.25) is 5.91 Å². The minimum Gasteiger partial charge on any atom is -0.352 e. The number of tetrazole rings is 1. The molecule has 3 rings (SSSR count). The van der Waals surface area contributed by atoms with E-state index in [2.05, 4.69) is 25.7 Å². The molecule has 1 unspecified atom stereocenters. The average molecular weight is 264 g/mol. The van der Waals surface area contributed by atoms with Gasteiger partial charge < -0.3 is 5.32 Å². The molecule has 0 radical (unpaired) electrons.